The number of rotatable bonds is 5. The monoisotopic (exact) mass is 344 g/mol. The normalized spacial score (nSPS) is 10.2. The molecular weight excluding hydrogens is 327 g/mol. The van der Waals surface area contributed by atoms with Gasteiger partial charge in [-0.05, 0) is 29.5 Å². The Bertz CT molecular complexity index is 759. The first kappa shape index (κ1) is 19.0. The van der Waals surface area contributed by atoms with Crippen LogP contribution in [-0.2, 0) is 12.2 Å². The minimum Gasteiger partial charge on any atom is -0.858 e. The third-order valence-electron chi connectivity index (χ3n) is 3.59. The minimum atomic E-state index is -0.170. The number of hydrogen-bond acceptors (Lipinski definition) is 4. The van der Waals surface area contributed by atoms with Crippen molar-refractivity contribution in [1.29, 1.82) is 0 Å². The smallest absolute Gasteiger partial charge is 0.858 e. The van der Waals surface area contributed by atoms with Gasteiger partial charge in [-0.25, -0.2) is 9.97 Å². The van der Waals surface area contributed by atoms with Crippen LogP contribution in [0.15, 0.2) is 65.8 Å². The van der Waals surface area contributed by atoms with Gasteiger partial charge in [-0.15, -0.1) is 0 Å². The van der Waals surface area contributed by atoms with Crippen molar-refractivity contribution >= 4 is 11.8 Å². The fourth-order valence-electron chi connectivity index (χ4n) is 2.34. The molecule has 0 amide bonds. The van der Waals surface area contributed by atoms with E-state index in [0.29, 0.717) is 17.1 Å². The Balaban J connectivity index is 0.00000208. The Morgan fingerprint density at radius 1 is 0.875 bits per heavy atom. The van der Waals surface area contributed by atoms with Crippen molar-refractivity contribution in [2.24, 2.45) is 0 Å². The van der Waals surface area contributed by atoms with Crippen LogP contribution in [0.3, 0.4) is 0 Å². The maximum absolute atomic E-state index is 12.3. The molecule has 0 aliphatic rings. The van der Waals surface area contributed by atoms with E-state index in [0.717, 1.165) is 17.0 Å². The van der Waals surface area contributed by atoms with Crippen LogP contribution in [0.1, 0.15) is 22.4 Å². The van der Waals surface area contributed by atoms with Crippen molar-refractivity contribution in [3.63, 3.8) is 0 Å². The SMILES string of the molecule is Cc1nc(SCc2ccccc2)nc([O-])c1Cc1ccccc1.[Na+]. The largest absolute Gasteiger partial charge is 1.00 e. The van der Waals surface area contributed by atoms with Gasteiger partial charge in [0.25, 0.3) is 0 Å². The first-order chi connectivity index (χ1) is 11.2. The van der Waals surface area contributed by atoms with Crippen LogP contribution >= 0.6 is 11.8 Å². The van der Waals surface area contributed by atoms with Crippen LogP contribution in [0.5, 0.6) is 5.88 Å². The molecule has 0 saturated heterocycles. The van der Waals surface area contributed by atoms with E-state index >= 15 is 0 Å². The molecule has 0 N–H and O–H groups in total. The van der Waals surface area contributed by atoms with E-state index in [-0.39, 0.29) is 35.4 Å². The topological polar surface area (TPSA) is 48.8 Å². The quantitative estimate of drug-likeness (QED) is 0.389. The summed E-state index contributed by atoms with van der Waals surface area (Å²) in [6.07, 6.45) is 0.579. The Labute approximate surface area is 168 Å². The molecule has 0 aliphatic carbocycles. The van der Waals surface area contributed by atoms with Gasteiger partial charge in [-0.1, -0.05) is 72.4 Å². The molecule has 3 aromatic rings. The number of nitrogens with zero attached hydrogens (tertiary/aromatic N) is 2. The molecule has 2 aromatic carbocycles. The molecule has 0 saturated carbocycles. The van der Waals surface area contributed by atoms with E-state index in [1.807, 2.05) is 55.5 Å². The molecule has 3 rings (SSSR count). The maximum atomic E-state index is 12.3. The van der Waals surface area contributed by atoms with Crippen LogP contribution in [0.2, 0.25) is 0 Å². The summed E-state index contributed by atoms with van der Waals surface area (Å²) >= 11 is 1.49. The molecule has 5 heteroatoms. The number of thioether (sulfide) groups is 1. The van der Waals surface area contributed by atoms with E-state index in [9.17, 15) is 5.11 Å². The fraction of sp³-hybridized carbons (Fsp3) is 0.158. The van der Waals surface area contributed by atoms with E-state index in [4.69, 9.17) is 0 Å². The average molecular weight is 344 g/mol. The third-order valence-corrected chi connectivity index (χ3v) is 4.51. The summed E-state index contributed by atoms with van der Waals surface area (Å²) in [7, 11) is 0. The second kappa shape index (κ2) is 9.23. The summed E-state index contributed by atoms with van der Waals surface area (Å²) in [6, 6.07) is 20.0. The van der Waals surface area contributed by atoms with E-state index in [1.165, 1.54) is 17.3 Å². The van der Waals surface area contributed by atoms with Crippen molar-refractivity contribution < 1.29 is 34.7 Å². The summed E-state index contributed by atoms with van der Waals surface area (Å²) in [5.41, 5.74) is 3.74. The molecule has 0 spiro atoms. The zero-order valence-electron chi connectivity index (χ0n) is 13.9. The molecule has 0 unspecified atom stereocenters. The van der Waals surface area contributed by atoms with E-state index in [2.05, 4.69) is 22.1 Å². The second-order valence-electron chi connectivity index (χ2n) is 5.31. The Morgan fingerprint density at radius 3 is 2.04 bits per heavy atom. The first-order valence-corrected chi connectivity index (χ1v) is 8.46. The molecular formula is C19H17N2NaOS. The molecule has 24 heavy (non-hydrogen) atoms. The Kier molecular flexibility index (Phi) is 7.31. The zero-order chi connectivity index (χ0) is 16.1. The van der Waals surface area contributed by atoms with Gasteiger partial charge in [-0.3, -0.25) is 0 Å². The van der Waals surface area contributed by atoms with Crippen LogP contribution in [0.4, 0.5) is 0 Å². The van der Waals surface area contributed by atoms with Crippen molar-refractivity contribution in [3.05, 3.63) is 83.0 Å². The van der Waals surface area contributed by atoms with Crippen LogP contribution in [0.25, 0.3) is 0 Å². The fourth-order valence-corrected chi connectivity index (χ4v) is 3.17. The van der Waals surface area contributed by atoms with Crippen LogP contribution in [0, 0.1) is 6.92 Å². The van der Waals surface area contributed by atoms with Crippen LogP contribution in [-0.4, -0.2) is 9.97 Å². The predicted octanol–water partition coefficient (Wildman–Crippen LogP) is 0.746. The maximum Gasteiger partial charge on any atom is 1.00 e. The number of aromatic nitrogens is 2. The number of benzene rings is 2. The molecule has 3 nitrogen and oxygen atoms in total. The average Bonchev–Trinajstić information content (AvgIpc) is 2.58. The summed E-state index contributed by atoms with van der Waals surface area (Å²) in [6.45, 7) is 1.88. The summed E-state index contributed by atoms with van der Waals surface area (Å²) in [4.78, 5) is 8.64. The predicted molar refractivity (Wildman–Crippen MR) is 91.5 cm³/mol. The van der Waals surface area contributed by atoms with Gasteiger partial charge in [0.05, 0.1) is 0 Å². The number of aryl methyl sites for hydroxylation is 1. The van der Waals surface area contributed by atoms with Crippen molar-refractivity contribution in [2.45, 2.75) is 24.3 Å². The number of hydrogen-bond donors (Lipinski definition) is 0. The van der Waals surface area contributed by atoms with Crippen molar-refractivity contribution in [3.8, 4) is 5.88 Å². The van der Waals surface area contributed by atoms with Crippen molar-refractivity contribution in [2.75, 3.05) is 0 Å². The van der Waals surface area contributed by atoms with Gasteiger partial charge in [0.15, 0.2) is 5.16 Å². The molecule has 0 bridgehead atoms. The van der Waals surface area contributed by atoms with Crippen LogP contribution < -0.4 is 34.7 Å². The summed E-state index contributed by atoms with van der Waals surface area (Å²) in [5, 5.41) is 12.9. The zero-order valence-corrected chi connectivity index (χ0v) is 16.7. The molecule has 0 atom stereocenters. The van der Waals surface area contributed by atoms with Gasteiger partial charge in [0.1, 0.15) is 0 Å². The van der Waals surface area contributed by atoms with Gasteiger partial charge >= 0.3 is 29.6 Å². The van der Waals surface area contributed by atoms with Gasteiger partial charge in [-0.2, -0.15) is 0 Å². The van der Waals surface area contributed by atoms with Gasteiger partial charge < -0.3 is 5.11 Å². The standard InChI is InChI=1S/C19H18N2OS.Na/c1-14-17(12-15-8-4-2-5-9-15)18(22)21-19(20-14)23-13-16-10-6-3-7-11-16;/h2-11H,12-13H2,1H3,(H,20,21,22);/q;+1/p-1. The third kappa shape index (κ3) is 5.08. The van der Waals surface area contributed by atoms with Gasteiger partial charge in [0.2, 0.25) is 0 Å². The Morgan fingerprint density at radius 2 is 1.46 bits per heavy atom. The van der Waals surface area contributed by atoms with E-state index < -0.39 is 0 Å². The van der Waals surface area contributed by atoms with E-state index in [1.54, 1.807) is 0 Å². The summed E-state index contributed by atoms with van der Waals surface area (Å²) < 4.78 is 0. The summed E-state index contributed by atoms with van der Waals surface area (Å²) in [5.74, 6) is 0.592. The molecule has 0 aliphatic heterocycles. The molecule has 1 aromatic heterocycles. The molecule has 0 fully saturated rings. The molecule has 0 radical (unpaired) electrons. The van der Waals surface area contributed by atoms with Gasteiger partial charge in [0, 0.05) is 17.9 Å². The second-order valence-corrected chi connectivity index (χ2v) is 6.25. The first-order valence-electron chi connectivity index (χ1n) is 7.47. The van der Waals surface area contributed by atoms with Crippen molar-refractivity contribution in [1.82, 2.24) is 9.97 Å². The minimum absolute atomic E-state index is 0. The molecule has 1 heterocycles. The molecule has 116 valence electrons. The Hall–Kier alpha value is -1.33.